The third-order valence-corrected chi connectivity index (χ3v) is 9.49. The molecule has 7 nitrogen and oxygen atoms in total. The molecule has 0 spiro atoms. The fourth-order valence-electron chi connectivity index (χ4n) is 7.05. The smallest absolute Gasteiger partial charge is 0.180 e. The van der Waals surface area contributed by atoms with Crippen molar-refractivity contribution in [3.05, 3.63) is 164 Å². The molecule has 4 aromatic heterocycles. The average Bonchev–Trinajstić information content (AvgIpc) is 3.55. The third-order valence-electron chi connectivity index (χ3n) is 9.49. The van der Waals surface area contributed by atoms with E-state index in [0.717, 1.165) is 55.6 Å². The lowest BCUT2D eigenvalue weighted by molar-refractivity contribution is 1.12. The van der Waals surface area contributed by atoms with Gasteiger partial charge in [0.25, 0.3) is 0 Å². The highest BCUT2D eigenvalue weighted by molar-refractivity contribution is 6.09. The summed E-state index contributed by atoms with van der Waals surface area (Å²) in [5.74, 6) is 0.508. The molecule has 10 rings (SSSR count). The summed E-state index contributed by atoms with van der Waals surface area (Å²) in [6, 6.07) is 52.3. The van der Waals surface area contributed by atoms with Gasteiger partial charge in [-0.3, -0.25) is 0 Å². The summed E-state index contributed by atoms with van der Waals surface area (Å²) in [6.45, 7) is 0. The molecular weight excluding hydrogens is 627 g/mol. The quantitative estimate of drug-likeness (QED) is 0.184. The van der Waals surface area contributed by atoms with Gasteiger partial charge in [-0.1, -0.05) is 109 Å². The first-order valence-corrected chi connectivity index (χ1v) is 16.8. The van der Waals surface area contributed by atoms with Crippen molar-refractivity contribution < 1.29 is 0 Å². The van der Waals surface area contributed by atoms with Crippen LogP contribution in [0.3, 0.4) is 0 Å². The fraction of sp³-hybridized carbons (Fsp3) is 0. The second kappa shape index (κ2) is 11.8. The molecule has 0 aliphatic heterocycles. The number of aromatic nitrogens is 7. The van der Waals surface area contributed by atoms with Crippen LogP contribution in [0.25, 0.3) is 94.6 Å². The molecule has 0 fully saturated rings. The molecule has 10 aromatic rings. The molecule has 0 aliphatic carbocycles. The minimum atomic E-state index is 0.508. The Hall–Kier alpha value is -7.12. The normalized spacial score (nSPS) is 11.5. The van der Waals surface area contributed by atoms with E-state index in [2.05, 4.69) is 122 Å². The summed E-state index contributed by atoms with van der Waals surface area (Å²) < 4.78 is 2.34. The Morgan fingerprint density at radius 3 is 1.47 bits per heavy atom. The molecule has 0 saturated carbocycles. The number of nitrogens with zero attached hydrogens (tertiary/aromatic N) is 7. The van der Waals surface area contributed by atoms with E-state index in [-0.39, 0.29) is 0 Å². The zero-order valence-electron chi connectivity index (χ0n) is 27.2. The van der Waals surface area contributed by atoms with Crippen molar-refractivity contribution in [1.29, 1.82) is 0 Å². The highest BCUT2D eigenvalue weighted by atomic mass is 15.0. The monoisotopic (exact) mass is 653 g/mol. The van der Waals surface area contributed by atoms with Gasteiger partial charge >= 0.3 is 0 Å². The van der Waals surface area contributed by atoms with Gasteiger partial charge in [0.15, 0.2) is 5.82 Å². The lowest BCUT2D eigenvalue weighted by Gasteiger charge is -2.12. The Kier molecular flexibility index (Phi) is 6.67. The second-order valence-corrected chi connectivity index (χ2v) is 12.4. The largest absolute Gasteiger partial charge is 0.309 e. The summed E-state index contributed by atoms with van der Waals surface area (Å²) >= 11 is 0. The van der Waals surface area contributed by atoms with Crippen molar-refractivity contribution in [2.45, 2.75) is 0 Å². The van der Waals surface area contributed by atoms with E-state index in [0.29, 0.717) is 17.2 Å². The molecule has 4 heterocycles. The summed E-state index contributed by atoms with van der Waals surface area (Å²) in [7, 11) is 0. The predicted molar refractivity (Wildman–Crippen MR) is 204 cm³/mol. The molecule has 0 bridgehead atoms. The summed E-state index contributed by atoms with van der Waals surface area (Å²) in [5, 5.41) is 4.31. The summed E-state index contributed by atoms with van der Waals surface area (Å²) in [4.78, 5) is 28.4. The van der Waals surface area contributed by atoms with Gasteiger partial charge in [-0.2, -0.15) is 0 Å². The van der Waals surface area contributed by atoms with E-state index in [9.17, 15) is 0 Å². The lowest BCUT2D eigenvalue weighted by atomic mass is 10.0. The van der Waals surface area contributed by atoms with Crippen molar-refractivity contribution in [2.75, 3.05) is 0 Å². The lowest BCUT2D eigenvalue weighted by Crippen LogP contribution is -2.00. The molecular formula is C44H27N7. The first kappa shape index (κ1) is 28.9. The third kappa shape index (κ3) is 4.90. The van der Waals surface area contributed by atoms with E-state index in [4.69, 9.17) is 9.97 Å². The van der Waals surface area contributed by atoms with Gasteiger partial charge in [0.2, 0.25) is 0 Å². The fourth-order valence-corrected chi connectivity index (χ4v) is 7.05. The first-order valence-electron chi connectivity index (χ1n) is 16.8. The number of rotatable bonds is 5. The van der Waals surface area contributed by atoms with Crippen molar-refractivity contribution in [1.82, 2.24) is 34.5 Å². The van der Waals surface area contributed by atoms with Gasteiger partial charge in [0.05, 0.1) is 33.5 Å². The number of para-hydroxylation sites is 4. The van der Waals surface area contributed by atoms with Crippen molar-refractivity contribution in [3.8, 4) is 51.0 Å². The van der Waals surface area contributed by atoms with Gasteiger partial charge in [-0.05, 0) is 53.6 Å². The van der Waals surface area contributed by atoms with Gasteiger partial charge in [-0.25, -0.2) is 29.9 Å². The Balaban J connectivity index is 1.06. The molecule has 238 valence electrons. The van der Waals surface area contributed by atoms with Gasteiger partial charge in [0, 0.05) is 32.8 Å². The molecule has 6 aromatic carbocycles. The van der Waals surface area contributed by atoms with Crippen LogP contribution < -0.4 is 0 Å². The number of fused-ring (bicyclic) bond motifs is 5. The van der Waals surface area contributed by atoms with E-state index < -0.39 is 0 Å². The number of benzene rings is 6. The van der Waals surface area contributed by atoms with E-state index >= 15 is 0 Å². The van der Waals surface area contributed by atoms with Crippen LogP contribution >= 0.6 is 0 Å². The van der Waals surface area contributed by atoms with Crippen LogP contribution in [0.15, 0.2) is 164 Å². The Morgan fingerprint density at radius 1 is 0.373 bits per heavy atom. The van der Waals surface area contributed by atoms with Crippen LogP contribution in [0.5, 0.6) is 0 Å². The topological polar surface area (TPSA) is 82.3 Å². The Bertz CT molecular complexity index is 2750. The van der Waals surface area contributed by atoms with Crippen LogP contribution in [0.4, 0.5) is 0 Å². The maximum atomic E-state index is 5.07. The van der Waals surface area contributed by atoms with E-state index in [1.807, 2.05) is 54.6 Å². The van der Waals surface area contributed by atoms with E-state index in [1.54, 1.807) is 12.7 Å². The van der Waals surface area contributed by atoms with Gasteiger partial charge in [0.1, 0.15) is 24.0 Å². The SMILES string of the molecule is c1ccc2c(-c3cc(-c4ccc(-c5ccc(-n6c7ccccc7c7ccccc76)cc5)cc4)nc(-c4ncnc5ccccc45)n3)ncnc2c1. The molecule has 0 atom stereocenters. The first-order chi connectivity index (χ1) is 25.3. The minimum Gasteiger partial charge on any atom is -0.309 e. The zero-order chi connectivity index (χ0) is 33.7. The predicted octanol–water partition coefficient (Wildman–Crippen LogP) is 10.1. The van der Waals surface area contributed by atoms with E-state index in [1.165, 1.54) is 21.8 Å². The molecule has 0 aliphatic rings. The van der Waals surface area contributed by atoms with Crippen molar-refractivity contribution in [2.24, 2.45) is 0 Å². The molecule has 0 unspecified atom stereocenters. The van der Waals surface area contributed by atoms with Crippen LogP contribution in [-0.2, 0) is 0 Å². The summed E-state index contributed by atoms with van der Waals surface area (Å²) in [6.07, 6.45) is 3.15. The molecule has 7 heteroatoms. The molecule has 51 heavy (non-hydrogen) atoms. The summed E-state index contributed by atoms with van der Waals surface area (Å²) in [5.41, 5.74) is 11.3. The average molecular weight is 654 g/mol. The van der Waals surface area contributed by atoms with Crippen LogP contribution in [0.1, 0.15) is 0 Å². The van der Waals surface area contributed by atoms with Crippen LogP contribution in [-0.4, -0.2) is 34.5 Å². The van der Waals surface area contributed by atoms with Crippen molar-refractivity contribution in [3.63, 3.8) is 0 Å². The van der Waals surface area contributed by atoms with Gasteiger partial charge < -0.3 is 4.57 Å². The second-order valence-electron chi connectivity index (χ2n) is 12.4. The Labute approximate surface area is 292 Å². The molecule has 0 saturated heterocycles. The number of hydrogen-bond donors (Lipinski definition) is 0. The maximum absolute atomic E-state index is 5.07. The van der Waals surface area contributed by atoms with Crippen LogP contribution in [0.2, 0.25) is 0 Å². The maximum Gasteiger partial charge on any atom is 0.180 e. The molecule has 0 radical (unpaired) electrons. The standard InChI is InChI=1S/C44H27N7/c1-5-13-36-34(11-1)42(47-26-45-36)39-25-38(49-44(50-39)43-35-12-2-6-14-37(35)46-27-48-43)30-19-17-28(18-20-30)29-21-23-31(24-22-29)51-40-15-7-3-9-32(40)33-10-4-8-16-41(33)51/h1-27H. The van der Waals surface area contributed by atoms with Gasteiger partial charge in [-0.15, -0.1) is 0 Å². The molecule has 0 N–H and O–H groups in total. The highest BCUT2D eigenvalue weighted by Gasteiger charge is 2.17. The van der Waals surface area contributed by atoms with Crippen LogP contribution in [0, 0.1) is 0 Å². The number of hydrogen-bond acceptors (Lipinski definition) is 6. The van der Waals surface area contributed by atoms with Crippen molar-refractivity contribution >= 4 is 43.6 Å². The Morgan fingerprint density at radius 2 is 0.843 bits per heavy atom. The highest BCUT2D eigenvalue weighted by Crippen LogP contribution is 2.34. The zero-order valence-corrected chi connectivity index (χ0v) is 27.2. The molecule has 0 amide bonds. The minimum absolute atomic E-state index is 0.508.